The van der Waals surface area contributed by atoms with Gasteiger partial charge < -0.3 is 9.72 Å². The van der Waals surface area contributed by atoms with Gasteiger partial charge in [-0.2, -0.15) is 0 Å². The molecule has 1 N–H and O–H groups in total. The maximum Gasteiger partial charge on any atom is 0.337 e. The van der Waals surface area contributed by atoms with E-state index in [0.29, 0.717) is 22.6 Å². The van der Waals surface area contributed by atoms with E-state index in [9.17, 15) is 9.59 Å². The van der Waals surface area contributed by atoms with Crippen LogP contribution in [0.3, 0.4) is 0 Å². The number of fused-ring (bicyclic) bond motifs is 1. The smallest absolute Gasteiger partial charge is 0.337 e. The van der Waals surface area contributed by atoms with Gasteiger partial charge in [-0.1, -0.05) is 24.3 Å². The SMILES string of the molecule is COc1ccc(Cn2c(=O)c3[nH]cnc3n(-c3cccc(C)c3)c2=O)cc1. The fraction of sp³-hybridized carbons (Fsp3) is 0.150. The average Bonchev–Trinajstić information content (AvgIpc) is 3.15. The molecule has 27 heavy (non-hydrogen) atoms. The van der Waals surface area contributed by atoms with Crippen molar-refractivity contribution in [3.63, 3.8) is 0 Å². The van der Waals surface area contributed by atoms with Gasteiger partial charge >= 0.3 is 5.69 Å². The molecule has 0 spiro atoms. The summed E-state index contributed by atoms with van der Waals surface area (Å²) in [6, 6.07) is 14.8. The minimum Gasteiger partial charge on any atom is -0.497 e. The van der Waals surface area contributed by atoms with E-state index in [4.69, 9.17) is 4.74 Å². The summed E-state index contributed by atoms with van der Waals surface area (Å²) in [6.07, 6.45) is 1.43. The number of hydrogen-bond donors (Lipinski definition) is 1. The first-order valence-electron chi connectivity index (χ1n) is 8.47. The van der Waals surface area contributed by atoms with E-state index < -0.39 is 11.2 Å². The largest absolute Gasteiger partial charge is 0.497 e. The van der Waals surface area contributed by atoms with Gasteiger partial charge in [-0.15, -0.1) is 0 Å². The Bertz CT molecular complexity index is 1230. The summed E-state index contributed by atoms with van der Waals surface area (Å²) in [5, 5.41) is 0. The van der Waals surface area contributed by atoms with Crippen LogP contribution in [0, 0.1) is 6.92 Å². The van der Waals surface area contributed by atoms with Crippen molar-refractivity contribution in [2.24, 2.45) is 0 Å². The number of aryl methyl sites for hydroxylation is 1. The lowest BCUT2D eigenvalue weighted by molar-refractivity contribution is 0.414. The molecule has 4 aromatic rings. The van der Waals surface area contributed by atoms with Crippen LogP contribution in [-0.4, -0.2) is 26.2 Å². The Labute approximate surface area is 154 Å². The number of rotatable bonds is 4. The first-order valence-corrected chi connectivity index (χ1v) is 8.47. The quantitative estimate of drug-likeness (QED) is 0.604. The molecule has 7 heteroatoms. The van der Waals surface area contributed by atoms with Gasteiger partial charge in [0.25, 0.3) is 5.56 Å². The second-order valence-electron chi connectivity index (χ2n) is 6.30. The lowest BCUT2D eigenvalue weighted by Crippen LogP contribution is -2.39. The highest BCUT2D eigenvalue weighted by Crippen LogP contribution is 2.14. The second kappa shape index (κ2) is 6.60. The van der Waals surface area contributed by atoms with Crippen molar-refractivity contribution < 1.29 is 4.74 Å². The molecule has 0 saturated carbocycles. The predicted octanol–water partition coefficient (Wildman–Crippen LogP) is 2.24. The van der Waals surface area contributed by atoms with Crippen LogP contribution in [0.25, 0.3) is 16.9 Å². The average molecular weight is 362 g/mol. The fourth-order valence-electron chi connectivity index (χ4n) is 3.10. The standard InChI is InChI=1S/C20H18N4O3/c1-13-4-3-5-15(10-13)24-18-17(21-12-22-18)19(25)23(20(24)26)11-14-6-8-16(27-2)9-7-14/h3-10,12H,11H2,1-2H3,(H,21,22). The van der Waals surface area contributed by atoms with Crippen molar-refractivity contribution in [1.29, 1.82) is 0 Å². The third-order valence-corrected chi connectivity index (χ3v) is 4.47. The summed E-state index contributed by atoms with van der Waals surface area (Å²) in [6.45, 7) is 2.10. The number of aromatic nitrogens is 4. The van der Waals surface area contributed by atoms with Crippen LogP contribution >= 0.6 is 0 Å². The molecular formula is C20H18N4O3. The van der Waals surface area contributed by atoms with Gasteiger partial charge in [0.1, 0.15) is 11.3 Å². The molecule has 4 rings (SSSR count). The number of nitrogens with zero attached hydrogens (tertiary/aromatic N) is 3. The maximum absolute atomic E-state index is 13.2. The molecular weight excluding hydrogens is 344 g/mol. The molecule has 2 heterocycles. The van der Waals surface area contributed by atoms with E-state index in [1.54, 1.807) is 19.2 Å². The molecule has 0 radical (unpaired) electrons. The summed E-state index contributed by atoms with van der Waals surface area (Å²) in [7, 11) is 1.59. The molecule has 2 aromatic carbocycles. The Morgan fingerprint density at radius 2 is 1.89 bits per heavy atom. The number of aromatic amines is 1. The summed E-state index contributed by atoms with van der Waals surface area (Å²) >= 11 is 0. The van der Waals surface area contributed by atoms with Gasteiger partial charge in [0.2, 0.25) is 0 Å². The van der Waals surface area contributed by atoms with Gasteiger partial charge in [-0.25, -0.2) is 14.3 Å². The predicted molar refractivity (Wildman–Crippen MR) is 103 cm³/mol. The van der Waals surface area contributed by atoms with Crippen molar-refractivity contribution >= 4 is 11.2 Å². The molecule has 0 aliphatic heterocycles. The van der Waals surface area contributed by atoms with E-state index in [2.05, 4.69) is 9.97 Å². The van der Waals surface area contributed by atoms with Crippen molar-refractivity contribution in [3.05, 3.63) is 86.8 Å². The number of hydrogen-bond acceptors (Lipinski definition) is 4. The molecule has 0 amide bonds. The minimum atomic E-state index is -0.430. The van der Waals surface area contributed by atoms with Crippen molar-refractivity contribution in [2.45, 2.75) is 13.5 Å². The van der Waals surface area contributed by atoms with E-state index in [0.717, 1.165) is 11.1 Å². The molecule has 0 saturated heterocycles. The Kier molecular flexibility index (Phi) is 4.12. The number of nitrogens with one attached hydrogen (secondary N) is 1. The lowest BCUT2D eigenvalue weighted by Gasteiger charge is -2.12. The van der Waals surface area contributed by atoms with Gasteiger partial charge in [-0.3, -0.25) is 9.36 Å². The number of imidazole rings is 1. The first-order chi connectivity index (χ1) is 13.1. The molecule has 136 valence electrons. The van der Waals surface area contributed by atoms with Gasteiger partial charge in [0.05, 0.1) is 25.7 Å². The zero-order valence-corrected chi connectivity index (χ0v) is 15.0. The Balaban J connectivity index is 1.93. The van der Waals surface area contributed by atoms with Gasteiger partial charge in [0, 0.05) is 0 Å². The van der Waals surface area contributed by atoms with Crippen LogP contribution in [0.5, 0.6) is 5.75 Å². The minimum absolute atomic E-state index is 0.155. The summed E-state index contributed by atoms with van der Waals surface area (Å²) in [4.78, 5) is 33.1. The second-order valence-corrected chi connectivity index (χ2v) is 6.30. The first kappa shape index (κ1) is 16.8. The summed E-state index contributed by atoms with van der Waals surface area (Å²) in [5.74, 6) is 0.715. The van der Waals surface area contributed by atoms with Crippen molar-refractivity contribution in [1.82, 2.24) is 19.1 Å². The Morgan fingerprint density at radius 3 is 2.59 bits per heavy atom. The van der Waals surface area contributed by atoms with Gasteiger partial charge in [0.15, 0.2) is 5.65 Å². The van der Waals surface area contributed by atoms with E-state index in [-0.39, 0.29) is 6.54 Å². The molecule has 0 unspecified atom stereocenters. The van der Waals surface area contributed by atoms with E-state index in [1.165, 1.54) is 15.5 Å². The molecule has 2 aromatic heterocycles. The lowest BCUT2D eigenvalue weighted by atomic mass is 10.2. The van der Waals surface area contributed by atoms with E-state index in [1.807, 2.05) is 43.3 Å². The maximum atomic E-state index is 13.2. The van der Waals surface area contributed by atoms with Crippen LogP contribution in [-0.2, 0) is 6.54 Å². The van der Waals surface area contributed by atoms with Gasteiger partial charge in [-0.05, 0) is 42.3 Å². The Hall–Kier alpha value is -3.61. The summed E-state index contributed by atoms with van der Waals surface area (Å²) < 4.78 is 7.83. The van der Waals surface area contributed by atoms with E-state index >= 15 is 0 Å². The molecule has 0 fully saturated rings. The Morgan fingerprint density at radius 1 is 1.11 bits per heavy atom. The number of benzene rings is 2. The molecule has 0 bridgehead atoms. The summed E-state index contributed by atoms with van der Waals surface area (Å²) in [5.41, 5.74) is 2.29. The van der Waals surface area contributed by atoms with Crippen LogP contribution in [0.4, 0.5) is 0 Å². The number of H-pyrrole nitrogens is 1. The highest BCUT2D eigenvalue weighted by molar-refractivity contribution is 5.71. The molecule has 0 aliphatic rings. The highest BCUT2D eigenvalue weighted by atomic mass is 16.5. The van der Waals surface area contributed by atoms with Crippen LogP contribution in [0.2, 0.25) is 0 Å². The monoisotopic (exact) mass is 362 g/mol. The normalized spacial score (nSPS) is 11.0. The highest BCUT2D eigenvalue weighted by Gasteiger charge is 2.16. The number of methoxy groups -OCH3 is 1. The third-order valence-electron chi connectivity index (χ3n) is 4.47. The third kappa shape index (κ3) is 2.93. The van der Waals surface area contributed by atoms with Crippen LogP contribution in [0.15, 0.2) is 64.4 Å². The molecule has 0 atom stereocenters. The zero-order chi connectivity index (χ0) is 19.0. The molecule has 7 nitrogen and oxygen atoms in total. The van der Waals surface area contributed by atoms with Crippen molar-refractivity contribution in [3.8, 4) is 11.4 Å². The zero-order valence-electron chi connectivity index (χ0n) is 15.0. The number of ether oxygens (including phenoxy) is 1. The van der Waals surface area contributed by atoms with Crippen LogP contribution < -0.4 is 16.0 Å². The van der Waals surface area contributed by atoms with Crippen molar-refractivity contribution in [2.75, 3.05) is 7.11 Å². The van der Waals surface area contributed by atoms with Crippen LogP contribution in [0.1, 0.15) is 11.1 Å². The fourth-order valence-corrected chi connectivity index (χ4v) is 3.10. The molecule has 0 aliphatic carbocycles. The topological polar surface area (TPSA) is 81.9 Å².